The van der Waals surface area contributed by atoms with Gasteiger partial charge in [-0.05, 0) is 12.3 Å². The predicted octanol–water partition coefficient (Wildman–Crippen LogP) is 0.235. The molecule has 0 fully saturated rings. The Bertz CT molecular complexity index is 112. The highest BCUT2D eigenvalue weighted by atomic mass is 16.1. The highest BCUT2D eigenvalue weighted by Crippen LogP contribution is 2.04. The van der Waals surface area contributed by atoms with Gasteiger partial charge >= 0.3 is 0 Å². The smallest absolute Gasteiger partial charge is 0.218 e. The van der Waals surface area contributed by atoms with Gasteiger partial charge in [0.05, 0.1) is 0 Å². The standard InChI is InChI=1S/C7H16N2O/c1-5(2)3-6(8)4-7(9)10/h5-6H,3-4,8H2,1-2H3,(H2,9,10). The van der Waals surface area contributed by atoms with Crippen LogP contribution in [0.25, 0.3) is 0 Å². The van der Waals surface area contributed by atoms with Gasteiger partial charge in [-0.2, -0.15) is 0 Å². The van der Waals surface area contributed by atoms with Gasteiger partial charge in [-0.25, -0.2) is 0 Å². The van der Waals surface area contributed by atoms with Crippen molar-refractivity contribution in [2.45, 2.75) is 32.7 Å². The molecule has 1 atom stereocenters. The number of hydrogen-bond acceptors (Lipinski definition) is 2. The average molecular weight is 144 g/mol. The molecule has 0 rings (SSSR count). The van der Waals surface area contributed by atoms with Crippen LogP contribution < -0.4 is 11.5 Å². The number of amides is 1. The molecule has 3 heteroatoms. The molecule has 1 unspecified atom stereocenters. The second kappa shape index (κ2) is 4.28. The summed E-state index contributed by atoms with van der Waals surface area (Å²) in [5.74, 6) is 0.225. The molecule has 0 aromatic rings. The quantitative estimate of drug-likeness (QED) is 0.593. The molecule has 0 aliphatic carbocycles. The number of hydrogen-bond donors (Lipinski definition) is 2. The van der Waals surface area contributed by atoms with Crippen LogP contribution in [0.1, 0.15) is 26.7 Å². The lowest BCUT2D eigenvalue weighted by Crippen LogP contribution is -2.28. The number of rotatable bonds is 4. The Balaban J connectivity index is 3.43. The van der Waals surface area contributed by atoms with Gasteiger partial charge in [0, 0.05) is 12.5 Å². The van der Waals surface area contributed by atoms with Crippen LogP contribution in [0.15, 0.2) is 0 Å². The van der Waals surface area contributed by atoms with E-state index in [1.807, 2.05) is 0 Å². The van der Waals surface area contributed by atoms with Crippen molar-refractivity contribution in [2.75, 3.05) is 0 Å². The maximum Gasteiger partial charge on any atom is 0.218 e. The molecule has 1 amide bonds. The van der Waals surface area contributed by atoms with Crippen LogP contribution in [-0.2, 0) is 4.79 Å². The van der Waals surface area contributed by atoms with Crippen LogP contribution in [-0.4, -0.2) is 11.9 Å². The Morgan fingerprint density at radius 2 is 2.00 bits per heavy atom. The van der Waals surface area contributed by atoms with Gasteiger partial charge in [-0.15, -0.1) is 0 Å². The lowest BCUT2D eigenvalue weighted by atomic mass is 10.0. The summed E-state index contributed by atoms with van der Waals surface area (Å²) in [4.78, 5) is 10.3. The maximum atomic E-state index is 10.3. The second-order valence-corrected chi connectivity index (χ2v) is 3.06. The number of carbonyl (C=O) groups is 1. The normalized spacial score (nSPS) is 13.6. The molecule has 0 aromatic heterocycles. The van der Waals surface area contributed by atoms with E-state index in [0.29, 0.717) is 12.3 Å². The maximum absolute atomic E-state index is 10.3. The fourth-order valence-corrected chi connectivity index (χ4v) is 0.947. The minimum Gasteiger partial charge on any atom is -0.370 e. The van der Waals surface area contributed by atoms with Crippen LogP contribution >= 0.6 is 0 Å². The fraction of sp³-hybridized carbons (Fsp3) is 0.857. The minimum absolute atomic E-state index is 0.0579. The Morgan fingerprint density at radius 3 is 2.30 bits per heavy atom. The van der Waals surface area contributed by atoms with Crippen LogP contribution in [0.5, 0.6) is 0 Å². The molecule has 3 nitrogen and oxygen atoms in total. The topological polar surface area (TPSA) is 69.1 Å². The molecule has 10 heavy (non-hydrogen) atoms. The van der Waals surface area contributed by atoms with Crippen LogP contribution in [0.2, 0.25) is 0 Å². The fourth-order valence-electron chi connectivity index (χ4n) is 0.947. The predicted molar refractivity (Wildman–Crippen MR) is 41.2 cm³/mol. The Morgan fingerprint density at radius 1 is 1.50 bits per heavy atom. The number of carbonyl (C=O) groups excluding carboxylic acids is 1. The van der Waals surface area contributed by atoms with Crippen molar-refractivity contribution in [3.8, 4) is 0 Å². The van der Waals surface area contributed by atoms with Crippen LogP contribution in [0, 0.1) is 5.92 Å². The lowest BCUT2D eigenvalue weighted by molar-refractivity contribution is -0.118. The van der Waals surface area contributed by atoms with Crippen LogP contribution in [0.3, 0.4) is 0 Å². The molecule has 0 radical (unpaired) electrons. The van der Waals surface area contributed by atoms with E-state index in [4.69, 9.17) is 11.5 Å². The van der Waals surface area contributed by atoms with Crippen molar-refractivity contribution < 1.29 is 4.79 Å². The third-order valence-electron chi connectivity index (χ3n) is 1.24. The zero-order valence-corrected chi connectivity index (χ0v) is 6.63. The first-order valence-corrected chi connectivity index (χ1v) is 3.56. The zero-order chi connectivity index (χ0) is 8.15. The highest BCUT2D eigenvalue weighted by molar-refractivity contribution is 5.74. The molecule has 0 heterocycles. The molecule has 0 saturated heterocycles. The molecule has 0 aliphatic heterocycles. The van der Waals surface area contributed by atoms with E-state index < -0.39 is 0 Å². The van der Waals surface area contributed by atoms with Gasteiger partial charge in [-0.1, -0.05) is 13.8 Å². The zero-order valence-electron chi connectivity index (χ0n) is 6.63. The summed E-state index contributed by atoms with van der Waals surface area (Å²) in [6.45, 7) is 4.14. The summed E-state index contributed by atoms with van der Waals surface area (Å²) >= 11 is 0. The van der Waals surface area contributed by atoms with Crippen molar-refractivity contribution in [2.24, 2.45) is 17.4 Å². The highest BCUT2D eigenvalue weighted by Gasteiger charge is 2.07. The van der Waals surface area contributed by atoms with Crippen molar-refractivity contribution in [1.29, 1.82) is 0 Å². The van der Waals surface area contributed by atoms with E-state index in [9.17, 15) is 4.79 Å². The van der Waals surface area contributed by atoms with Crippen molar-refractivity contribution in [3.05, 3.63) is 0 Å². The second-order valence-electron chi connectivity index (χ2n) is 3.06. The molecule has 4 N–H and O–H groups in total. The molecule has 60 valence electrons. The van der Waals surface area contributed by atoms with Gasteiger partial charge in [0.2, 0.25) is 5.91 Å². The summed E-state index contributed by atoms with van der Waals surface area (Å²) in [5, 5.41) is 0. The van der Waals surface area contributed by atoms with Crippen molar-refractivity contribution in [3.63, 3.8) is 0 Å². The first kappa shape index (κ1) is 9.43. The molecule has 0 aromatic carbocycles. The molecule has 0 bridgehead atoms. The van der Waals surface area contributed by atoms with E-state index in [1.54, 1.807) is 0 Å². The lowest BCUT2D eigenvalue weighted by Gasteiger charge is -2.10. The molecular formula is C7H16N2O. The first-order valence-electron chi connectivity index (χ1n) is 3.56. The van der Waals surface area contributed by atoms with E-state index in [2.05, 4.69) is 13.8 Å². The van der Waals surface area contributed by atoms with Gasteiger partial charge in [0.25, 0.3) is 0 Å². The summed E-state index contributed by atoms with van der Waals surface area (Å²) in [7, 11) is 0. The SMILES string of the molecule is CC(C)CC(N)CC(N)=O. The Hall–Kier alpha value is -0.570. The van der Waals surface area contributed by atoms with Crippen LogP contribution in [0.4, 0.5) is 0 Å². The van der Waals surface area contributed by atoms with E-state index in [-0.39, 0.29) is 11.9 Å². The minimum atomic E-state index is -0.312. The van der Waals surface area contributed by atoms with Crippen molar-refractivity contribution >= 4 is 5.91 Å². The summed E-state index contributed by atoms with van der Waals surface area (Å²) < 4.78 is 0. The molecular weight excluding hydrogens is 128 g/mol. The Kier molecular flexibility index (Phi) is 4.03. The molecule has 0 spiro atoms. The van der Waals surface area contributed by atoms with Gasteiger partial charge in [0.15, 0.2) is 0 Å². The number of nitrogens with two attached hydrogens (primary N) is 2. The van der Waals surface area contributed by atoms with E-state index in [0.717, 1.165) is 6.42 Å². The average Bonchev–Trinajstić information content (AvgIpc) is 1.58. The summed E-state index contributed by atoms with van der Waals surface area (Å²) in [6.07, 6.45) is 1.17. The third-order valence-corrected chi connectivity index (χ3v) is 1.24. The summed E-state index contributed by atoms with van der Waals surface area (Å²) in [5.41, 5.74) is 10.5. The molecule has 0 aliphatic rings. The molecule has 0 saturated carbocycles. The third kappa shape index (κ3) is 5.56. The summed E-state index contributed by atoms with van der Waals surface area (Å²) in [6, 6.07) is -0.0579. The van der Waals surface area contributed by atoms with E-state index in [1.165, 1.54) is 0 Å². The number of primary amides is 1. The van der Waals surface area contributed by atoms with Crippen molar-refractivity contribution in [1.82, 2.24) is 0 Å². The van der Waals surface area contributed by atoms with E-state index >= 15 is 0 Å². The van der Waals surface area contributed by atoms with Gasteiger partial charge in [0.1, 0.15) is 0 Å². The monoisotopic (exact) mass is 144 g/mol. The Labute approximate surface area is 61.8 Å². The van der Waals surface area contributed by atoms with Gasteiger partial charge in [-0.3, -0.25) is 4.79 Å². The van der Waals surface area contributed by atoms with Gasteiger partial charge < -0.3 is 11.5 Å². The largest absolute Gasteiger partial charge is 0.370 e. The first-order chi connectivity index (χ1) is 4.52.